The number of carbonyl (C=O) groups excluding carboxylic acids is 1. The maximum Gasteiger partial charge on any atom is 0.253 e. The highest BCUT2D eigenvalue weighted by molar-refractivity contribution is 5.94. The Kier molecular flexibility index (Phi) is 4.74. The number of pyridine rings is 1. The molecule has 1 aromatic heterocycles. The molecule has 1 aliphatic heterocycles. The number of amides is 1. The molecule has 0 spiro atoms. The molecule has 1 amide bonds. The molecule has 4 nitrogen and oxygen atoms in total. The monoisotopic (exact) mass is 332 g/mol. The van der Waals surface area contributed by atoms with Crippen LogP contribution in [0, 0.1) is 18.6 Å². The van der Waals surface area contributed by atoms with Crippen LogP contribution in [0.4, 0.5) is 8.78 Å². The van der Waals surface area contributed by atoms with Crippen LogP contribution < -0.4 is 4.74 Å². The first-order valence-electron chi connectivity index (χ1n) is 7.86. The Morgan fingerprint density at radius 2 is 1.92 bits per heavy atom. The first kappa shape index (κ1) is 16.4. The number of hydrogen-bond acceptors (Lipinski definition) is 3. The van der Waals surface area contributed by atoms with Gasteiger partial charge in [0.2, 0.25) is 0 Å². The predicted octanol–water partition coefficient (Wildman–Crippen LogP) is 3.35. The molecule has 1 saturated heterocycles. The van der Waals surface area contributed by atoms with Crippen LogP contribution in [0.25, 0.3) is 0 Å². The number of aromatic nitrogens is 1. The lowest BCUT2D eigenvalue weighted by Crippen LogP contribution is -2.41. The molecule has 2 heterocycles. The van der Waals surface area contributed by atoms with Crippen molar-refractivity contribution in [2.24, 2.45) is 0 Å². The zero-order valence-corrected chi connectivity index (χ0v) is 13.3. The molecule has 1 aromatic carbocycles. The Morgan fingerprint density at radius 1 is 1.17 bits per heavy atom. The minimum atomic E-state index is -1.01. The predicted molar refractivity (Wildman–Crippen MR) is 84.9 cm³/mol. The third-order valence-electron chi connectivity index (χ3n) is 4.08. The fourth-order valence-corrected chi connectivity index (χ4v) is 2.70. The zero-order valence-electron chi connectivity index (χ0n) is 13.3. The fraction of sp³-hybridized carbons (Fsp3) is 0.333. The molecule has 3 rings (SSSR count). The van der Waals surface area contributed by atoms with E-state index in [0.717, 1.165) is 17.8 Å². The molecular weight excluding hydrogens is 314 g/mol. The number of nitrogens with zero attached hydrogens (tertiary/aromatic N) is 2. The van der Waals surface area contributed by atoms with Gasteiger partial charge in [0.25, 0.3) is 5.91 Å². The first-order chi connectivity index (χ1) is 11.5. The highest BCUT2D eigenvalue weighted by atomic mass is 19.2. The fourth-order valence-electron chi connectivity index (χ4n) is 2.70. The maximum absolute atomic E-state index is 13.3. The molecule has 126 valence electrons. The van der Waals surface area contributed by atoms with Crippen molar-refractivity contribution in [2.45, 2.75) is 25.9 Å². The summed E-state index contributed by atoms with van der Waals surface area (Å²) >= 11 is 0. The van der Waals surface area contributed by atoms with Gasteiger partial charge in [-0.15, -0.1) is 0 Å². The van der Waals surface area contributed by atoms with Gasteiger partial charge < -0.3 is 9.64 Å². The summed E-state index contributed by atoms with van der Waals surface area (Å²) < 4.78 is 32.1. The molecule has 24 heavy (non-hydrogen) atoms. The molecule has 1 aliphatic rings. The second-order valence-corrected chi connectivity index (χ2v) is 5.87. The van der Waals surface area contributed by atoms with E-state index in [4.69, 9.17) is 4.74 Å². The number of halogens is 2. The van der Waals surface area contributed by atoms with Gasteiger partial charge in [0, 0.05) is 37.2 Å². The van der Waals surface area contributed by atoms with Gasteiger partial charge in [-0.3, -0.25) is 9.78 Å². The van der Waals surface area contributed by atoms with Crippen molar-refractivity contribution in [3.8, 4) is 5.75 Å². The van der Waals surface area contributed by atoms with Crippen LogP contribution in [0.2, 0.25) is 0 Å². The average molecular weight is 332 g/mol. The van der Waals surface area contributed by atoms with Crippen molar-refractivity contribution in [3.63, 3.8) is 0 Å². The van der Waals surface area contributed by atoms with Crippen molar-refractivity contribution in [3.05, 3.63) is 59.4 Å². The van der Waals surface area contributed by atoms with E-state index in [1.807, 2.05) is 19.1 Å². The standard InChI is InChI=1S/C18H18F2N2O2/c1-12-2-4-15(11-21-12)24-14-6-8-22(9-7-14)18(23)13-3-5-16(19)17(20)10-13/h2-5,10-11,14H,6-9H2,1H3. The van der Waals surface area contributed by atoms with Gasteiger partial charge in [-0.05, 0) is 37.3 Å². The molecule has 0 radical (unpaired) electrons. The first-order valence-corrected chi connectivity index (χ1v) is 7.86. The average Bonchev–Trinajstić information content (AvgIpc) is 2.59. The van der Waals surface area contributed by atoms with E-state index in [0.29, 0.717) is 31.7 Å². The second-order valence-electron chi connectivity index (χ2n) is 5.87. The summed E-state index contributed by atoms with van der Waals surface area (Å²) in [6.45, 7) is 2.94. The molecule has 6 heteroatoms. The topological polar surface area (TPSA) is 42.4 Å². The summed E-state index contributed by atoms with van der Waals surface area (Å²) in [5, 5.41) is 0. The highest BCUT2D eigenvalue weighted by Crippen LogP contribution is 2.20. The molecule has 0 N–H and O–H groups in total. The molecule has 2 aromatic rings. The quantitative estimate of drug-likeness (QED) is 0.866. The summed E-state index contributed by atoms with van der Waals surface area (Å²) in [5.41, 5.74) is 1.09. The number of hydrogen-bond donors (Lipinski definition) is 0. The Labute approximate surface area is 139 Å². The summed E-state index contributed by atoms with van der Waals surface area (Å²) in [5.74, 6) is -1.54. The number of benzene rings is 1. The van der Waals surface area contributed by atoms with Gasteiger partial charge >= 0.3 is 0 Å². The number of aryl methyl sites for hydroxylation is 1. The third-order valence-corrected chi connectivity index (χ3v) is 4.08. The van der Waals surface area contributed by atoms with Crippen molar-refractivity contribution in [2.75, 3.05) is 13.1 Å². The second kappa shape index (κ2) is 6.95. The van der Waals surface area contributed by atoms with E-state index in [1.165, 1.54) is 6.07 Å². The van der Waals surface area contributed by atoms with Crippen LogP contribution in [0.3, 0.4) is 0 Å². The van der Waals surface area contributed by atoms with E-state index in [1.54, 1.807) is 11.1 Å². The van der Waals surface area contributed by atoms with Crippen LogP contribution in [-0.4, -0.2) is 35.0 Å². The summed E-state index contributed by atoms with van der Waals surface area (Å²) in [6, 6.07) is 6.99. The van der Waals surface area contributed by atoms with Crippen molar-refractivity contribution in [1.29, 1.82) is 0 Å². The smallest absolute Gasteiger partial charge is 0.253 e. The van der Waals surface area contributed by atoms with Crippen molar-refractivity contribution >= 4 is 5.91 Å². The third kappa shape index (κ3) is 3.69. The number of carbonyl (C=O) groups is 1. The van der Waals surface area contributed by atoms with E-state index in [9.17, 15) is 13.6 Å². The van der Waals surface area contributed by atoms with Crippen LogP contribution in [0.5, 0.6) is 5.75 Å². The number of likely N-dealkylation sites (tertiary alicyclic amines) is 1. The van der Waals surface area contributed by atoms with Gasteiger partial charge in [0.1, 0.15) is 11.9 Å². The minimum absolute atomic E-state index is 0.0171. The highest BCUT2D eigenvalue weighted by Gasteiger charge is 2.25. The Hall–Kier alpha value is -2.50. The Morgan fingerprint density at radius 3 is 2.54 bits per heavy atom. The van der Waals surface area contributed by atoms with Crippen molar-refractivity contribution in [1.82, 2.24) is 9.88 Å². The van der Waals surface area contributed by atoms with Gasteiger partial charge in [-0.1, -0.05) is 0 Å². The summed E-state index contributed by atoms with van der Waals surface area (Å²) in [7, 11) is 0. The molecule has 0 atom stereocenters. The van der Waals surface area contributed by atoms with Crippen LogP contribution in [-0.2, 0) is 0 Å². The molecular formula is C18H18F2N2O2. The van der Waals surface area contributed by atoms with Gasteiger partial charge in [0.05, 0.1) is 6.20 Å². The SMILES string of the molecule is Cc1ccc(OC2CCN(C(=O)c3ccc(F)c(F)c3)CC2)cn1. The van der Waals surface area contributed by atoms with Gasteiger partial charge in [-0.25, -0.2) is 8.78 Å². The largest absolute Gasteiger partial charge is 0.489 e. The lowest BCUT2D eigenvalue weighted by atomic mass is 10.1. The lowest BCUT2D eigenvalue weighted by Gasteiger charge is -2.32. The van der Waals surface area contributed by atoms with E-state index < -0.39 is 11.6 Å². The van der Waals surface area contributed by atoms with E-state index in [-0.39, 0.29) is 17.6 Å². The van der Waals surface area contributed by atoms with Crippen LogP contribution in [0.1, 0.15) is 28.9 Å². The zero-order chi connectivity index (χ0) is 17.1. The molecule has 1 fully saturated rings. The Bertz CT molecular complexity index is 726. The van der Waals surface area contributed by atoms with Gasteiger partial charge in [-0.2, -0.15) is 0 Å². The summed E-state index contributed by atoms with van der Waals surface area (Å²) in [6.07, 6.45) is 3.07. The number of piperidine rings is 1. The number of rotatable bonds is 3. The molecule has 0 bridgehead atoms. The van der Waals surface area contributed by atoms with E-state index in [2.05, 4.69) is 4.98 Å². The lowest BCUT2D eigenvalue weighted by molar-refractivity contribution is 0.0594. The van der Waals surface area contributed by atoms with E-state index >= 15 is 0 Å². The Balaban J connectivity index is 1.57. The van der Waals surface area contributed by atoms with Crippen molar-refractivity contribution < 1.29 is 18.3 Å². The maximum atomic E-state index is 13.3. The normalized spacial score (nSPS) is 15.4. The van der Waals surface area contributed by atoms with Crippen LogP contribution >= 0.6 is 0 Å². The summed E-state index contributed by atoms with van der Waals surface area (Å²) in [4.78, 5) is 18.2. The van der Waals surface area contributed by atoms with Crippen LogP contribution in [0.15, 0.2) is 36.5 Å². The molecule has 0 aliphatic carbocycles. The molecule has 0 saturated carbocycles. The number of ether oxygens (including phenoxy) is 1. The molecule has 0 unspecified atom stereocenters. The van der Waals surface area contributed by atoms with Gasteiger partial charge in [0.15, 0.2) is 11.6 Å². The minimum Gasteiger partial charge on any atom is -0.489 e.